The number of halogens is 2. The number of aliphatic carboxylic acids is 1. The summed E-state index contributed by atoms with van der Waals surface area (Å²) in [4.78, 5) is 24.4. The Morgan fingerprint density at radius 3 is 2.85 bits per heavy atom. The molecule has 1 aliphatic rings. The van der Waals surface area contributed by atoms with Crippen LogP contribution in [0.25, 0.3) is 0 Å². The Morgan fingerprint density at radius 1 is 1.50 bits per heavy atom. The molecule has 1 fully saturated rings. The average Bonchev–Trinajstić information content (AvgIpc) is 2.85. The lowest BCUT2D eigenvalue weighted by Crippen LogP contribution is -2.42. The molecule has 0 saturated carbocycles. The van der Waals surface area contributed by atoms with Crippen molar-refractivity contribution in [1.29, 1.82) is 0 Å². The number of carbonyl (C=O) groups is 2. The van der Waals surface area contributed by atoms with Crippen LogP contribution in [0.3, 0.4) is 0 Å². The Hall–Kier alpha value is -1.63. The van der Waals surface area contributed by atoms with Gasteiger partial charge in [0.2, 0.25) is 0 Å². The summed E-state index contributed by atoms with van der Waals surface area (Å²) in [5, 5.41) is 11.6. The van der Waals surface area contributed by atoms with Gasteiger partial charge in [0.25, 0.3) is 0 Å². The molecular formula is C13H14BrFN2O3. The van der Waals surface area contributed by atoms with Crippen molar-refractivity contribution in [1.82, 2.24) is 4.90 Å². The molecule has 7 heteroatoms. The number of benzene rings is 1. The zero-order chi connectivity index (χ0) is 14.9. The summed E-state index contributed by atoms with van der Waals surface area (Å²) < 4.78 is 13.8. The van der Waals surface area contributed by atoms with Crippen LogP contribution in [-0.2, 0) is 4.79 Å². The first kappa shape index (κ1) is 14.8. The number of aryl methyl sites for hydroxylation is 1. The van der Waals surface area contributed by atoms with Crippen molar-refractivity contribution in [2.24, 2.45) is 0 Å². The number of nitrogens with one attached hydrogen (secondary N) is 1. The molecule has 1 atom stereocenters. The molecule has 0 aromatic heterocycles. The highest BCUT2D eigenvalue weighted by Gasteiger charge is 2.34. The fourth-order valence-electron chi connectivity index (χ4n) is 2.23. The highest BCUT2D eigenvalue weighted by molar-refractivity contribution is 9.10. The van der Waals surface area contributed by atoms with Crippen LogP contribution in [0.1, 0.15) is 18.4 Å². The molecule has 0 spiro atoms. The molecule has 0 bridgehead atoms. The van der Waals surface area contributed by atoms with Gasteiger partial charge in [-0.15, -0.1) is 0 Å². The Kier molecular flexibility index (Phi) is 4.27. The number of nitrogens with zero attached hydrogens (tertiary/aromatic N) is 1. The molecule has 0 radical (unpaired) electrons. The van der Waals surface area contributed by atoms with E-state index in [9.17, 15) is 14.0 Å². The van der Waals surface area contributed by atoms with E-state index < -0.39 is 23.9 Å². The van der Waals surface area contributed by atoms with E-state index in [4.69, 9.17) is 5.11 Å². The van der Waals surface area contributed by atoms with Gasteiger partial charge in [-0.1, -0.05) is 0 Å². The molecule has 2 amide bonds. The predicted molar refractivity (Wildman–Crippen MR) is 75.2 cm³/mol. The number of hydrogen-bond acceptors (Lipinski definition) is 2. The van der Waals surface area contributed by atoms with Gasteiger partial charge in [0.05, 0.1) is 4.47 Å². The highest BCUT2D eigenvalue weighted by atomic mass is 79.9. The second-order valence-electron chi connectivity index (χ2n) is 4.70. The number of likely N-dealkylation sites (tertiary alicyclic amines) is 1. The van der Waals surface area contributed by atoms with E-state index >= 15 is 0 Å². The smallest absolute Gasteiger partial charge is 0.326 e. The third kappa shape index (κ3) is 2.92. The molecule has 5 nitrogen and oxygen atoms in total. The molecule has 2 N–H and O–H groups in total. The first-order valence-corrected chi connectivity index (χ1v) is 6.95. The van der Waals surface area contributed by atoms with Crippen molar-refractivity contribution in [2.75, 3.05) is 11.9 Å². The van der Waals surface area contributed by atoms with Gasteiger partial charge in [-0.2, -0.15) is 0 Å². The predicted octanol–water partition coefficient (Wildman–Crippen LogP) is 2.98. The van der Waals surface area contributed by atoms with Crippen LogP contribution < -0.4 is 5.32 Å². The van der Waals surface area contributed by atoms with Crippen molar-refractivity contribution in [2.45, 2.75) is 25.8 Å². The van der Waals surface area contributed by atoms with Crippen LogP contribution in [0.2, 0.25) is 0 Å². The first-order chi connectivity index (χ1) is 9.40. The monoisotopic (exact) mass is 344 g/mol. The Labute approximate surface area is 123 Å². The number of amides is 2. The maximum absolute atomic E-state index is 13.5. The van der Waals surface area contributed by atoms with E-state index in [-0.39, 0.29) is 0 Å². The number of anilines is 1. The number of rotatable bonds is 2. The fraction of sp³-hybridized carbons (Fsp3) is 0.385. The standard InChI is InChI=1S/C13H14BrFN2O3/c1-7-5-8(14)9(15)6-10(7)16-13(20)17-4-2-3-11(17)12(18)19/h5-6,11H,2-4H2,1H3,(H,16,20)(H,18,19)/t11-/m1/s1. The van der Waals surface area contributed by atoms with Crippen LogP contribution >= 0.6 is 15.9 Å². The Bertz CT molecular complexity index is 565. The molecule has 1 saturated heterocycles. The van der Waals surface area contributed by atoms with Gasteiger partial charge in [0.1, 0.15) is 11.9 Å². The summed E-state index contributed by atoms with van der Waals surface area (Å²) in [6.45, 7) is 2.12. The maximum Gasteiger partial charge on any atom is 0.326 e. The minimum atomic E-state index is -1.02. The summed E-state index contributed by atoms with van der Waals surface area (Å²) in [6.07, 6.45) is 1.09. The summed E-state index contributed by atoms with van der Waals surface area (Å²) in [5.41, 5.74) is 1.03. The van der Waals surface area contributed by atoms with E-state index in [2.05, 4.69) is 21.2 Å². The lowest BCUT2D eigenvalue weighted by atomic mass is 10.2. The fourth-order valence-corrected chi connectivity index (χ4v) is 2.69. The lowest BCUT2D eigenvalue weighted by Gasteiger charge is -2.22. The quantitative estimate of drug-likeness (QED) is 0.866. The van der Waals surface area contributed by atoms with E-state index in [0.29, 0.717) is 35.1 Å². The van der Waals surface area contributed by atoms with Crippen molar-refractivity contribution in [3.8, 4) is 0 Å². The van der Waals surface area contributed by atoms with E-state index in [1.165, 1.54) is 11.0 Å². The van der Waals surface area contributed by atoms with Crippen molar-refractivity contribution >= 4 is 33.6 Å². The van der Waals surface area contributed by atoms with E-state index in [1.54, 1.807) is 13.0 Å². The van der Waals surface area contributed by atoms with Crippen LogP contribution in [0.4, 0.5) is 14.9 Å². The third-order valence-electron chi connectivity index (χ3n) is 3.31. The summed E-state index contributed by atoms with van der Waals surface area (Å²) in [7, 11) is 0. The zero-order valence-corrected chi connectivity index (χ0v) is 12.4. The third-order valence-corrected chi connectivity index (χ3v) is 3.92. The van der Waals surface area contributed by atoms with Gasteiger partial charge in [-0.25, -0.2) is 14.0 Å². The number of carboxylic acid groups (broad SMARTS) is 1. The summed E-state index contributed by atoms with van der Waals surface area (Å²) >= 11 is 3.07. The molecule has 1 aliphatic heterocycles. The maximum atomic E-state index is 13.5. The second-order valence-corrected chi connectivity index (χ2v) is 5.56. The first-order valence-electron chi connectivity index (χ1n) is 6.16. The van der Waals surface area contributed by atoms with E-state index in [0.717, 1.165) is 0 Å². The number of carbonyl (C=O) groups excluding carboxylic acids is 1. The van der Waals surface area contributed by atoms with E-state index in [1.807, 2.05) is 0 Å². The van der Waals surface area contributed by atoms with Gasteiger partial charge in [0, 0.05) is 12.2 Å². The number of hydrogen-bond donors (Lipinski definition) is 2. The van der Waals surface area contributed by atoms with Gasteiger partial charge in [-0.05, 0) is 53.4 Å². The van der Waals surface area contributed by atoms with Crippen LogP contribution in [-0.4, -0.2) is 34.6 Å². The molecule has 0 aliphatic carbocycles. The van der Waals surface area contributed by atoms with Gasteiger partial charge in [-0.3, -0.25) is 0 Å². The Morgan fingerprint density at radius 2 is 2.20 bits per heavy atom. The molecule has 1 aromatic rings. The average molecular weight is 345 g/mol. The summed E-state index contributed by atoms with van der Waals surface area (Å²) in [6, 6.07) is 1.45. The molecule has 2 rings (SSSR count). The van der Waals surface area contributed by atoms with Gasteiger partial charge >= 0.3 is 12.0 Å². The van der Waals surface area contributed by atoms with Crippen molar-refractivity contribution in [3.63, 3.8) is 0 Å². The molecule has 1 aromatic carbocycles. The molecule has 1 heterocycles. The summed E-state index contributed by atoms with van der Waals surface area (Å²) in [5.74, 6) is -1.50. The largest absolute Gasteiger partial charge is 0.480 e. The molecule has 108 valence electrons. The molecular weight excluding hydrogens is 331 g/mol. The van der Waals surface area contributed by atoms with Crippen LogP contribution in [0.15, 0.2) is 16.6 Å². The number of carboxylic acids is 1. The zero-order valence-electron chi connectivity index (χ0n) is 10.8. The number of urea groups is 1. The second kappa shape index (κ2) is 5.78. The molecule has 20 heavy (non-hydrogen) atoms. The molecule has 0 unspecified atom stereocenters. The SMILES string of the molecule is Cc1cc(Br)c(F)cc1NC(=O)N1CCC[C@@H]1C(=O)O. The van der Waals surface area contributed by atoms with Crippen molar-refractivity contribution < 1.29 is 19.1 Å². The van der Waals surface area contributed by atoms with Crippen LogP contribution in [0.5, 0.6) is 0 Å². The van der Waals surface area contributed by atoms with Gasteiger partial charge in [0.15, 0.2) is 0 Å². The van der Waals surface area contributed by atoms with Crippen LogP contribution in [0, 0.1) is 12.7 Å². The van der Waals surface area contributed by atoms with Crippen molar-refractivity contribution in [3.05, 3.63) is 28.0 Å². The highest BCUT2D eigenvalue weighted by Crippen LogP contribution is 2.25. The minimum absolute atomic E-state index is 0.317. The normalized spacial score (nSPS) is 18.1. The minimum Gasteiger partial charge on any atom is -0.480 e. The topological polar surface area (TPSA) is 69.6 Å². The van der Waals surface area contributed by atoms with Gasteiger partial charge < -0.3 is 15.3 Å². The lowest BCUT2D eigenvalue weighted by molar-refractivity contribution is -0.141. The Balaban J connectivity index is 2.16.